The lowest BCUT2D eigenvalue weighted by atomic mass is 10.2. The quantitative estimate of drug-likeness (QED) is 0.644. The van der Waals surface area contributed by atoms with Gasteiger partial charge in [-0.3, -0.25) is 4.79 Å². The maximum Gasteiger partial charge on any atom is 0.388 e. The van der Waals surface area contributed by atoms with Gasteiger partial charge in [-0.15, -0.1) is 0 Å². The lowest BCUT2D eigenvalue weighted by Gasteiger charge is -2.20. The van der Waals surface area contributed by atoms with Crippen LogP contribution in [0.1, 0.15) is 30.1 Å². The topological polar surface area (TPSA) is 78.3 Å². The zero-order valence-corrected chi connectivity index (χ0v) is 17.3. The number of hydrogen-bond acceptors (Lipinski definition) is 6. The Kier molecular flexibility index (Phi) is 6.29. The van der Waals surface area contributed by atoms with Crippen LogP contribution in [-0.4, -0.2) is 34.9 Å². The van der Waals surface area contributed by atoms with E-state index in [0.29, 0.717) is 34.1 Å². The molecule has 0 aromatic carbocycles. The molecule has 1 aliphatic carbocycles. The molecule has 2 aromatic rings. The highest BCUT2D eigenvalue weighted by atomic mass is 79.9. The van der Waals surface area contributed by atoms with Gasteiger partial charge in [0.2, 0.25) is 5.88 Å². The first-order valence-corrected chi connectivity index (χ1v) is 9.57. The highest BCUT2D eigenvalue weighted by Gasteiger charge is 2.33. The molecule has 0 amide bonds. The number of halogens is 3. The van der Waals surface area contributed by atoms with Crippen molar-refractivity contribution in [1.29, 1.82) is 0 Å². The minimum Gasteiger partial charge on any atom is -0.417 e. The summed E-state index contributed by atoms with van der Waals surface area (Å²) in [5, 5.41) is 2.98. The van der Waals surface area contributed by atoms with Gasteiger partial charge in [0.25, 0.3) is 5.56 Å². The van der Waals surface area contributed by atoms with Crippen LogP contribution in [0.2, 0.25) is 0 Å². The number of ether oxygens (including phenoxy) is 2. The number of alkyl halides is 2. The van der Waals surface area contributed by atoms with E-state index in [1.807, 2.05) is 0 Å². The Bertz CT molecular complexity index is 918. The second kappa shape index (κ2) is 8.52. The average molecular weight is 459 g/mol. The van der Waals surface area contributed by atoms with Crippen LogP contribution in [0.25, 0.3) is 0 Å². The number of hydrogen-bond donors (Lipinski definition) is 1. The van der Waals surface area contributed by atoms with Crippen LogP contribution in [-0.2, 0) is 4.74 Å². The minimum atomic E-state index is -2.96. The van der Waals surface area contributed by atoms with E-state index in [9.17, 15) is 13.6 Å². The molecule has 152 valence electrons. The molecule has 1 N–H and O–H groups in total. The van der Waals surface area contributed by atoms with Gasteiger partial charge in [-0.25, -0.2) is 9.97 Å². The number of nitrogens with one attached hydrogen (secondary N) is 1. The number of nitrogens with zero attached hydrogens (tertiary/aromatic N) is 3. The van der Waals surface area contributed by atoms with Crippen LogP contribution < -0.4 is 15.6 Å². The molecule has 0 bridgehead atoms. The summed E-state index contributed by atoms with van der Waals surface area (Å²) >= 11 is 3.35. The predicted molar refractivity (Wildman–Crippen MR) is 103 cm³/mol. The molecular formula is C18H21BrF2N4O3. The Labute approximate surface area is 169 Å². The standard InChI is InChI=1S/C18H21BrF2N4O3/c1-9-6-12(10(2)22-16(9)28-18(20)21)23-15-17(26)25(7-14(19)24-15)13(8-27-3)11-4-5-11/h6-7,11,13,18H,4-5,8H2,1-3H3,(H,23,24)/t13-/m1/s1. The summed E-state index contributed by atoms with van der Waals surface area (Å²) in [6.45, 7) is 0.710. The Morgan fingerprint density at radius 2 is 2.07 bits per heavy atom. The first-order chi connectivity index (χ1) is 13.3. The molecule has 7 nitrogen and oxygen atoms in total. The van der Waals surface area contributed by atoms with Gasteiger partial charge in [0.1, 0.15) is 4.60 Å². The Hall–Kier alpha value is -2.07. The molecule has 1 fully saturated rings. The molecule has 0 aliphatic heterocycles. The largest absolute Gasteiger partial charge is 0.417 e. The number of aryl methyl sites for hydroxylation is 2. The van der Waals surface area contributed by atoms with Crippen LogP contribution in [0.3, 0.4) is 0 Å². The van der Waals surface area contributed by atoms with E-state index in [2.05, 4.69) is 36.0 Å². The third kappa shape index (κ3) is 4.67. The molecule has 0 unspecified atom stereocenters. The molecule has 3 rings (SSSR count). The number of rotatable bonds is 8. The van der Waals surface area contributed by atoms with Gasteiger partial charge in [0.05, 0.1) is 24.0 Å². The van der Waals surface area contributed by atoms with Crippen molar-refractivity contribution in [3.63, 3.8) is 0 Å². The molecule has 10 heteroatoms. The predicted octanol–water partition coefficient (Wildman–Crippen LogP) is 3.96. The van der Waals surface area contributed by atoms with Crippen molar-refractivity contribution in [1.82, 2.24) is 14.5 Å². The zero-order valence-electron chi connectivity index (χ0n) is 15.7. The van der Waals surface area contributed by atoms with Crippen LogP contribution >= 0.6 is 15.9 Å². The molecular weight excluding hydrogens is 438 g/mol. The number of methoxy groups -OCH3 is 1. The second-order valence-electron chi connectivity index (χ2n) is 6.73. The van der Waals surface area contributed by atoms with Crippen molar-refractivity contribution < 1.29 is 18.3 Å². The van der Waals surface area contributed by atoms with Crippen LogP contribution in [0.4, 0.5) is 20.3 Å². The fourth-order valence-corrected chi connectivity index (χ4v) is 3.44. The van der Waals surface area contributed by atoms with Crippen molar-refractivity contribution in [2.75, 3.05) is 19.0 Å². The molecule has 1 aliphatic rings. The molecule has 28 heavy (non-hydrogen) atoms. The van der Waals surface area contributed by atoms with Gasteiger partial charge < -0.3 is 19.4 Å². The molecule has 2 aromatic heterocycles. The smallest absolute Gasteiger partial charge is 0.388 e. The summed E-state index contributed by atoms with van der Waals surface area (Å²) in [5.74, 6) is 0.366. The maximum absolute atomic E-state index is 13.0. The first-order valence-electron chi connectivity index (χ1n) is 8.77. The van der Waals surface area contributed by atoms with E-state index < -0.39 is 6.61 Å². The Balaban J connectivity index is 1.95. The third-order valence-electron chi connectivity index (χ3n) is 4.57. The summed E-state index contributed by atoms with van der Waals surface area (Å²) in [6.07, 6.45) is 3.76. The van der Waals surface area contributed by atoms with E-state index in [4.69, 9.17) is 4.74 Å². The maximum atomic E-state index is 13.0. The fraction of sp³-hybridized carbons (Fsp3) is 0.500. The van der Waals surface area contributed by atoms with Crippen molar-refractivity contribution in [3.05, 3.63) is 38.5 Å². The lowest BCUT2D eigenvalue weighted by Crippen LogP contribution is -2.31. The molecule has 0 radical (unpaired) electrons. The summed E-state index contributed by atoms with van der Waals surface area (Å²) < 4.78 is 36.8. The normalized spacial score (nSPS) is 15.0. The summed E-state index contributed by atoms with van der Waals surface area (Å²) in [6, 6.07) is 1.53. The summed E-state index contributed by atoms with van der Waals surface area (Å²) in [4.78, 5) is 21.3. The van der Waals surface area contributed by atoms with Gasteiger partial charge in [-0.2, -0.15) is 8.78 Å². The Morgan fingerprint density at radius 3 is 2.68 bits per heavy atom. The van der Waals surface area contributed by atoms with E-state index >= 15 is 0 Å². The highest BCUT2D eigenvalue weighted by Crippen LogP contribution is 2.39. The van der Waals surface area contributed by atoms with E-state index in [-0.39, 0.29) is 23.3 Å². The molecule has 1 saturated carbocycles. The van der Waals surface area contributed by atoms with E-state index in [1.54, 1.807) is 37.8 Å². The van der Waals surface area contributed by atoms with Crippen LogP contribution in [0.15, 0.2) is 21.7 Å². The van der Waals surface area contributed by atoms with Crippen molar-refractivity contribution in [3.8, 4) is 5.88 Å². The zero-order chi connectivity index (χ0) is 20.4. The van der Waals surface area contributed by atoms with Gasteiger partial charge >= 0.3 is 6.61 Å². The molecule has 0 spiro atoms. The van der Waals surface area contributed by atoms with Crippen molar-refractivity contribution >= 4 is 27.4 Å². The summed E-state index contributed by atoms with van der Waals surface area (Å²) in [5.41, 5.74) is 1.02. The highest BCUT2D eigenvalue weighted by molar-refractivity contribution is 9.10. The van der Waals surface area contributed by atoms with Crippen LogP contribution in [0, 0.1) is 19.8 Å². The Morgan fingerprint density at radius 1 is 1.36 bits per heavy atom. The van der Waals surface area contributed by atoms with Crippen molar-refractivity contribution in [2.45, 2.75) is 39.3 Å². The van der Waals surface area contributed by atoms with E-state index in [0.717, 1.165) is 12.8 Å². The van der Waals surface area contributed by atoms with Crippen molar-refractivity contribution in [2.24, 2.45) is 5.92 Å². The lowest BCUT2D eigenvalue weighted by molar-refractivity contribution is -0.0533. The summed E-state index contributed by atoms with van der Waals surface area (Å²) in [7, 11) is 1.61. The monoisotopic (exact) mass is 458 g/mol. The molecule has 1 atom stereocenters. The molecule has 2 heterocycles. The van der Waals surface area contributed by atoms with Gasteiger partial charge in [-0.1, -0.05) is 0 Å². The van der Waals surface area contributed by atoms with E-state index in [1.165, 1.54) is 0 Å². The number of pyridine rings is 1. The second-order valence-corrected chi connectivity index (χ2v) is 7.54. The fourth-order valence-electron chi connectivity index (χ4n) is 3.04. The van der Waals surface area contributed by atoms with Gasteiger partial charge in [0.15, 0.2) is 5.82 Å². The van der Waals surface area contributed by atoms with Gasteiger partial charge in [-0.05, 0) is 54.6 Å². The van der Waals surface area contributed by atoms with Gasteiger partial charge in [0, 0.05) is 18.9 Å². The third-order valence-corrected chi connectivity index (χ3v) is 4.96. The first kappa shape index (κ1) is 20.7. The average Bonchev–Trinajstić information content (AvgIpc) is 3.44. The van der Waals surface area contributed by atoms with Crippen LogP contribution in [0.5, 0.6) is 5.88 Å². The minimum absolute atomic E-state index is 0.0693. The SMILES string of the molecule is COC[C@H](C1CC1)n1cc(Br)nc(Nc2cc(C)c(OC(F)F)nc2C)c1=O. The number of aromatic nitrogens is 3. The number of anilines is 2. The molecule has 0 saturated heterocycles.